The molecule has 0 bridgehead atoms. The van der Waals surface area contributed by atoms with Crippen molar-refractivity contribution >= 4 is 15.6 Å². The zero-order chi connectivity index (χ0) is 14.7. The Kier molecular flexibility index (Phi) is 10.2. The van der Waals surface area contributed by atoms with Gasteiger partial charge in [-0.3, -0.25) is 4.79 Å². The Labute approximate surface area is 119 Å². The molecule has 0 aliphatic rings. The fourth-order valence-corrected chi connectivity index (χ4v) is 3.67. The van der Waals surface area contributed by atoms with E-state index in [1.165, 1.54) is 39.0 Å². The van der Waals surface area contributed by atoms with Crippen molar-refractivity contribution in [3.8, 4) is 0 Å². The first kappa shape index (κ1) is 18.6. The van der Waals surface area contributed by atoms with Crippen LogP contribution < -0.4 is 0 Å². The predicted molar refractivity (Wildman–Crippen MR) is 81.2 cm³/mol. The highest BCUT2D eigenvalue weighted by atomic mass is 32.2. The molecule has 3 nitrogen and oxygen atoms in total. The average molecular weight is 290 g/mol. The van der Waals surface area contributed by atoms with Gasteiger partial charge in [-0.05, 0) is 20.3 Å². The van der Waals surface area contributed by atoms with E-state index < -0.39 is 15.1 Å². The summed E-state index contributed by atoms with van der Waals surface area (Å²) in [6.07, 6.45) is 9.33. The number of hydrogen-bond acceptors (Lipinski definition) is 3. The van der Waals surface area contributed by atoms with Crippen LogP contribution in [0.15, 0.2) is 0 Å². The summed E-state index contributed by atoms with van der Waals surface area (Å²) >= 11 is 0. The minimum absolute atomic E-state index is 0.0491. The molecule has 1 unspecified atom stereocenters. The molecule has 0 saturated carbocycles. The van der Waals surface area contributed by atoms with Crippen LogP contribution in [0, 0.1) is 0 Å². The van der Waals surface area contributed by atoms with Crippen LogP contribution in [-0.4, -0.2) is 25.2 Å². The van der Waals surface area contributed by atoms with Gasteiger partial charge in [0.15, 0.2) is 9.84 Å². The minimum Gasteiger partial charge on any atom is -0.300 e. The van der Waals surface area contributed by atoms with E-state index in [1.807, 2.05) is 0 Å². The van der Waals surface area contributed by atoms with Gasteiger partial charge < -0.3 is 0 Å². The molecule has 0 aliphatic heterocycles. The largest absolute Gasteiger partial charge is 0.300 e. The number of hydrogen-bond donors (Lipinski definition) is 0. The molecular weight excluding hydrogens is 260 g/mol. The molecule has 1 atom stereocenters. The van der Waals surface area contributed by atoms with Crippen molar-refractivity contribution in [2.75, 3.05) is 5.75 Å². The monoisotopic (exact) mass is 290 g/mol. The highest BCUT2D eigenvalue weighted by Gasteiger charge is 2.21. The average Bonchev–Trinajstić information content (AvgIpc) is 2.31. The third kappa shape index (κ3) is 10.1. The molecular formula is C15H30O3S. The van der Waals surface area contributed by atoms with Crippen LogP contribution in [-0.2, 0) is 14.6 Å². The lowest BCUT2D eigenvalue weighted by atomic mass is 10.1. The van der Waals surface area contributed by atoms with Gasteiger partial charge in [0.25, 0.3) is 0 Å². The van der Waals surface area contributed by atoms with E-state index in [2.05, 4.69) is 6.92 Å². The van der Waals surface area contributed by atoms with E-state index in [-0.39, 0.29) is 18.0 Å². The van der Waals surface area contributed by atoms with Gasteiger partial charge in [-0.2, -0.15) is 0 Å². The lowest BCUT2D eigenvalue weighted by molar-refractivity contribution is -0.116. The molecule has 0 aliphatic carbocycles. The lowest BCUT2D eigenvalue weighted by Crippen LogP contribution is -2.23. The minimum atomic E-state index is -3.08. The van der Waals surface area contributed by atoms with Crippen LogP contribution in [0.25, 0.3) is 0 Å². The second kappa shape index (κ2) is 10.4. The number of carbonyl (C=O) groups excluding carboxylic acids is 1. The molecule has 114 valence electrons. The van der Waals surface area contributed by atoms with Crippen molar-refractivity contribution in [3.05, 3.63) is 0 Å². The third-order valence-electron chi connectivity index (χ3n) is 3.47. The topological polar surface area (TPSA) is 51.2 Å². The van der Waals surface area contributed by atoms with Crippen molar-refractivity contribution in [1.82, 2.24) is 0 Å². The fourth-order valence-electron chi connectivity index (χ4n) is 2.17. The smallest absolute Gasteiger partial charge is 0.153 e. The molecule has 0 heterocycles. The second-order valence-corrected chi connectivity index (χ2v) is 8.10. The first-order valence-electron chi connectivity index (χ1n) is 7.61. The summed E-state index contributed by atoms with van der Waals surface area (Å²) in [6, 6.07) is 0. The quantitative estimate of drug-likeness (QED) is 0.512. The van der Waals surface area contributed by atoms with Crippen LogP contribution in [0.3, 0.4) is 0 Å². The number of ketones is 1. The van der Waals surface area contributed by atoms with Gasteiger partial charge >= 0.3 is 0 Å². The third-order valence-corrected chi connectivity index (χ3v) is 5.72. The molecule has 0 rings (SSSR count). The number of unbranched alkanes of at least 4 members (excludes halogenated alkanes) is 7. The number of rotatable bonds is 12. The first-order chi connectivity index (χ1) is 8.90. The Morgan fingerprint density at radius 1 is 0.947 bits per heavy atom. The molecule has 0 N–H and O–H groups in total. The van der Waals surface area contributed by atoms with Crippen molar-refractivity contribution in [2.45, 2.75) is 83.8 Å². The Bertz CT molecular complexity index is 333. The van der Waals surface area contributed by atoms with Gasteiger partial charge in [-0.25, -0.2) is 8.42 Å². The van der Waals surface area contributed by atoms with E-state index in [9.17, 15) is 13.2 Å². The Balaban J connectivity index is 3.67. The molecule has 0 aromatic rings. The summed E-state index contributed by atoms with van der Waals surface area (Å²) in [5, 5.41) is -0.519. The zero-order valence-electron chi connectivity index (χ0n) is 12.8. The summed E-state index contributed by atoms with van der Waals surface area (Å²) < 4.78 is 23.8. The molecule has 4 heteroatoms. The standard InChI is InChI=1S/C15H30O3S/c1-4-5-6-7-8-9-10-11-12-19(17,18)15(3)13-14(2)16/h15H,4-13H2,1-3H3. The van der Waals surface area contributed by atoms with Crippen molar-refractivity contribution in [1.29, 1.82) is 0 Å². The van der Waals surface area contributed by atoms with Gasteiger partial charge in [-0.15, -0.1) is 0 Å². The molecule has 0 aromatic heterocycles. The Morgan fingerprint density at radius 2 is 1.42 bits per heavy atom. The van der Waals surface area contributed by atoms with Crippen LogP contribution >= 0.6 is 0 Å². The maximum Gasteiger partial charge on any atom is 0.153 e. The van der Waals surface area contributed by atoms with E-state index in [0.29, 0.717) is 0 Å². The SMILES string of the molecule is CCCCCCCCCCS(=O)(=O)C(C)CC(C)=O. The fraction of sp³-hybridized carbons (Fsp3) is 0.933. The van der Waals surface area contributed by atoms with Gasteiger partial charge in [-0.1, -0.05) is 51.9 Å². The zero-order valence-corrected chi connectivity index (χ0v) is 13.6. The van der Waals surface area contributed by atoms with Gasteiger partial charge in [0.2, 0.25) is 0 Å². The van der Waals surface area contributed by atoms with Crippen molar-refractivity contribution in [2.24, 2.45) is 0 Å². The van der Waals surface area contributed by atoms with E-state index in [1.54, 1.807) is 6.92 Å². The molecule has 19 heavy (non-hydrogen) atoms. The van der Waals surface area contributed by atoms with Crippen LogP contribution in [0.2, 0.25) is 0 Å². The highest BCUT2D eigenvalue weighted by molar-refractivity contribution is 7.92. The number of sulfone groups is 1. The number of Topliss-reactive ketones (excluding diaryl/α,β-unsaturated/α-hetero) is 1. The molecule has 0 saturated heterocycles. The molecule has 0 radical (unpaired) electrons. The predicted octanol–water partition coefficient (Wildman–Crippen LogP) is 3.91. The molecule has 0 aromatic carbocycles. The van der Waals surface area contributed by atoms with Crippen LogP contribution in [0.5, 0.6) is 0 Å². The molecule has 0 amide bonds. The van der Waals surface area contributed by atoms with E-state index >= 15 is 0 Å². The van der Waals surface area contributed by atoms with Crippen molar-refractivity contribution < 1.29 is 13.2 Å². The molecule has 0 spiro atoms. The Morgan fingerprint density at radius 3 is 1.89 bits per heavy atom. The summed E-state index contributed by atoms with van der Waals surface area (Å²) in [6.45, 7) is 5.29. The van der Waals surface area contributed by atoms with Gasteiger partial charge in [0, 0.05) is 6.42 Å². The Hall–Kier alpha value is -0.380. The maximum atomic E-state index is 11.9. The second-order valence-electron chi connectivity index (χ2n) is 5.56. The summed E-state index contributed by atoms with van der Waals surface area (Å²) in [5.41, 5.74) is 0. The van der Waals surface area contributed by atoms with Crippen LogP contribution in [0.1, 0.15) is 78.6 Å². The van der Waals surface area contributed by atoms with Gasteiger partial charge in [0.05, 0.1) is 11.0 Å². The summed E-state index contributed by atoms with van der Waals surface area (Å²) in [7, 11) is -3.08. The normalized spacial score (nSPS) is 13.4. The maximum absolute atomic E-state index is 11.9. The van der Waals surface area contributed by atoms with Gasteiger partial charge in [0.1, 0.15) is 5.78 Å². The lowest BCUT2D eigenvalue weighted by Gasteiger charge is -2.11. The molecule has 0 fully saturated rings. The van der Waals surface area contributed by atoms with Crippen molar-refractivity contribution in [3.63, 3.8) is 0 Å². The van der Waals surface area contributed by atoms with Crippen LogP contribution in [0.4, 0.5) is 0 Å². The number of carbonyl (C=O) groups is 1. The summed E-state index contributed by atoms with van der Waals surface area (Å²) in [4.78, 5) is 10.9. The first-order valence-corrected chi connectivity index (χ1v) is 9.32. The van der Waals surface area contributed by atoms with E-state index in [0.717, 1.165) is 19.3 Å². The van der Waals surface area contributed by atoms with E-state index in [4.69, 9.17) is 0 Å². The highest BCUT2D eigenvalue weighted by Crippen LogP contribution is 2.12. The summed E-state index contributed by atoms with van der Waals surface area (Å²) in [5.74, 6) is 0.183.